The Balaban J connectivity index is 1.99. The molecule has 1 aliphatic heterocycles. The maximum absolute atomic E-state index is 5.51. The summed E-state index contributed by atoms with van der Waals surface area (Å²) >= 11 is 0. The molecule has 2 aliphatic rings. The van der Waals surface area contributed by atoms with Crippen molar-refractivity contribution >= 4 is 0 Å². The lowest BCUT2D eigenvalue weighted by Crippen LogP contribution is -2.46. The van der Waals surface area contributed by atoms with Gasteiger partial charge in [-0.15, -0.1) is 0 Å². The van der Waals surface area contributed by atoms with E-state index in [0.29, 0.717) is 5.92 Å². The molecule has 1 fully saturated rings. The summed E-state index contributed by atoms with van der Waals surface area (Å²) in [7, 11) is 1.78. The molecular weight excluding hydrogens is 270 g/mol. The lowest BCUT2D eigenvalue weighted by atomic mass is 9.70. The fraction of sp³-hybridized carbons (Fsp3) is 0.700. The Morgan fingerprint density at radius 3 is 2.59 bits per heavy atom. The Morgan fingerprint density at radius 2 is 1.95 bits per heavy atom. The monoisotopic (exact) mass is 301 g/mol. The van der Waals surface area contributed by atoms with Crippen molar-refractivity contribution in [1.82, 2.24) is 4.90 Å². The molecule has 22 heavy (non-hydrogen) atoms. The molecule has 1 aromatic rings. The van der Waals surface area contributed by atoms with Gasteiger partial charge in [-0.25, -0.2) is 0 Å². The van der Waals surface area contributed by atoms with Crippen LogP contribution in [0.15, 0.2) is 18.2 Å². The van der Waals surface area contributed by atoms with Crippen LogP contribution in [0, 0.1) is 5.92 Å². The highest BCUT2D eigenvalue weighted by Crippen LogP contribution is 2.43. The lowest BCUT2D eigenvalue weighted by molar-refractivity contribution is 0.125. The molecule has 0 aromatic heterocycles. The SMILES string of the molecule is CCC[C@@H]1c2cc(OC)ccc2CC(CC)C1N1CCCC1. The van der Waals surface area contributed by atoms with E-state index in [9.17, 15) is 0 Å². The smallest absolute Gasteiger partial charge is 0.119 e. The van der Waals surface area contributed by atoms with Gasteiger partial charge in [-0.2, -0.15) is 0 Å². The van der Waals surface area contributed by atoms with Crippen LogP contribution in [-0.2, 0) is 6.42 Å². The topological polar surface area (TPSA) is 12.5 Å². The van der Waals surface area contributed by atoms with Gasteiger partial charge < -0.3 is 4.74 Å². The summed E-state index contributed by atoms with van der Waals surface area (Å²) < 4.78 is 5.51. The van der Waals surface area contributed by atoms with Crippen LogP contribution < -0.4 is 4.74 Å². The maximum atomic E-state index is 5.51. The molecule has 0 amide bonds. The number of ether oxygens (including phenoxy) is 1. The third-order valence-electron chi connectivity index (χ3n) is 5.82. The second-order valence-electron chi connectivity index (χ2n) is 7.07. The fourth-order valence-electron chi connectivity index (χ4n) is 4.76. The van der Waals surface area contributed by atoms with Crippen LogP contribution in [0.4, 0.5) is 0 Å². The van der Waals surface area contributed by atoms with Gasteiger partial charge in [0.1, 0.15) is 5.75 Å². The Hall–Kier alpha value is -1.02. The zero-order chi connectivity index (χ0) is 15.5. The second kappa shape index (κ2) is 7.04. The molecule has 122 valence electrons. The molecule has 1 saturated heterocycles. The molecule has 0 radical (unpaired) electrons. The summed E-state index contributed by atoms with van der Waals surface area (Å²) in [5.74, 6) is 2.53. The average Bonchev–Trinajstić information content (AvgIpc) is 3.08. The highest BCUT2D eigenvalue weighted by Gasteiger charge is 2.39. The number of fused-ring (bicyclic) bond motifs is 1. The molecule has 2 heteroatoms. The minimum Gasteiger partial charge on any atom is -0.497 e. The van der Waals surface area contributed by atoms with Crippen molar-refractivity contribution in [3.8, 4) is 5.75 Å². The largest absolute Gasteiger partial charge is 0.497 e. The number of hydrogen-bond donors (Lipinski definition) is 0. The molecule has 0 saturated carbocycles. The van der Waals surface area contributed by atoms with E-state index >= 15 is 0 Å². The molecule has 0 spiro atoms. The molecule has 3 rings (SSSR count). The van der Waals surface area contributed by atoms with E-state index in [-0.39, 0.29) is 0 Å². The lowest BCUT2D eigenvalue weighted by Gasteiger charge is -2.44. The number of hydrogen-bond acceptors (Lipinski definition) is 2. The minimum absolute atomic E-state index is 0.687. The van der Waals surface area contributed by atoms with Gasteiger partial charge in [-0.1, -0.05) is 32.8 Å². The first-order chi connectivity index (χ1) is 10.8. The molecule has 2 unspecified atom stereocenters. The Morgan fingerprint density at radius 1 is 1.18 bits per heavy atom. The maximum Gasteiger partial charge on any atom is 0.119 e. The summed E-state index contributed by atoms with van der Waals surface area (Å²) in [6.07, 6.45) is 7.89. The zero-order valence-electron chi connectivity index (χ0n) is 14.5. The summed E-state index contributed by atoms with van der Waals surface area (Å²) in [5, 5.41) is 0. The van der Waals surface area contributed by atoms with Gasteiger partial charge in [0.05, 0.1) is 7.11 Å². The summed E-state index contributed by atoms with van der Waals surface area (Å²) in [5.41, 5.74) is 3.14. The quantitative estimate of drug-likeness (QED) is 0.786. The Bertz CT molecular complexity index is 492. The average molecular weight is 301 g/mol. The van der Waals surface area contributed by atoms with Crippen molar-refractivity contribution < 1.29 is 4.74 Å². The Kier molecular flexibility index (Phi) is 5.07. The van der Waals surface area contributed by atoms with E-state index in [0.717, 1.165) is 17.7 Å². The normalized spacial score (nSPS) is 28.6. The van der Waals surface area contributed by atoms with Gasteiger partial charge in [0.25, 0.3) is 0 Å². The van der Waals surface area contributed by atoms with Crippen LogP contribution in [0.2, 0.25) is 0 Å². The number of benzene rings is 1. The van der Waals surface area contributed by atoms with Gasteiger partial charge >= 0.3 is 0 Å². The van der Waals surface area contributed by atoms with Crippen LogP contribution in [0.25, 0.3) is 0 Å². The van der Waals surface area contributed by atoms with E-state index in [1.165, 1.54) is 51.6 Å². The molecular formula is C20H31NO. The molecule has 0 bridgehead atoms. The highest BCUT2D eigenvalue weighted by molar-refractivity contribution is 5.41. The first kappa shape index (κ1) is 15.9. The van der Waals surface area contributed by atoms with Crippen molar-refractivity contribution in [1.29, 1.82) is 0 Å². The van der Waals surface area contributed by atoms with E-state index < -0.39 is 0 Å². The predicted octanol–water partition coefficient (Wildman–Crippen LogP) is 4.63. The van der Waals surface area contributed by atoms with Crippen LogP contribution in [-0.4, -0.2) is 31.1 Å². The summed E-state index contributed by atoms with van der Waals surface area (Å²) in [6, 6.07) is 7.53. The van der Waals surface area contributed by atoms with Crippen molar-refractivity contribution in [2.45, 2.75) is 64.3 Å². The zero-order valence-corrected chi connectivity index (χ0v) is 14.5. The minimum atomic E-state index is 0.687. The van der Waals surface area contributed by atoms with Gasteiger partial charge in [-0.3, -0.25) is 4.90 Å². The molecule has 1 heterocycles. The van der Waals surface area contributed by atoms with Crippen LogP contribution in [0.1, 0.15) is 63.0 Å². The number of nitrogens with zero attached hydrogens (tertiary/aromatic N) is 1. The van der Waals surface area contributed by atoms with Gasteiger partial charge in [-0.05, 0) is 68.0 Å². The first-order valence-corrected chi connectivity index (χ1v) is 9.19. The van der Waals surface area contributed by atoms with E-state index in [1.807, 2.05) is 0 Å². The fourth-order valence-corrected chi connectivity index (χ4v) is 4.76. The standard InChI is InChI=1S/C20H31NO/c1-4-8-18-19-14-17(22-3)10-9-16(19)13-15(5-2)20(18)21-11-6-7-12-21/h9-10,14-15,18,20H,4-8,11-13H2,1-3H3/t15?,18-,20?/m1/s1. The van der Waals surface area contributed by atoms with Gasteiger partial charge in [0.2, 0.25) is 0 Å². The molecule has 1 aliphatic carbocycles. The molecule has 0 N–H and O–H groups in total. The molecule has 3 atom stereocenters. The summed E-state index contributed by atoms with van der Waals surface area (Å²) in [6.45, 7) is 7.32. The van der Waals surface area contributed by atoms with Crippen LogP contribution in [0.3, 0.4) is 0 Å². The van der Waals surface area contributed by atoms with E-state index in [4.69, 9.17) is 4.74 Å². The van der Waals surface area contributed by atoms with Crippen molar-refractivity contribution in [2.75, 3.05) is 20.2 Å². The first-order valence-electron chi connectivity index (χ1n) is 9.19. The second-order valence-corrected chi connectivity index (χ2v) is 7.07. The summed E-state index contributed by atoms with van der Waals surface area (Å²) in [4.78, 5) is 2.80. The number of rotatable bonds is 5. The number of methoxy groups -OCH3 is 1. The molecule has 1 aromatic carbocycles. The third kappa shape index (κ3) is 2.90. The molecule has 2 nitrogen and oxygen atoms in total. The van der Waals surface area contributed by atoms with Crippen LogP contribution >= 0.6 is 0 Å². The van der Waals surface area contributed by atoms with Crippen molar-refractivity contribution in [2.24, 2.45) is 5.92 Å². The highest BCUT2D eigenvalue weighted by atomic mass is 16.5. The third-order valence-corrected chi connectivity index (χ3v) is 5.82. The Labute approximate surface area is 135 Å². The van der Waals surface area contributed by atoms with E-state index in [1.54, 1.807) is 18.2 Å². The van der Waals surface area contributed by atoms with Crippen LogP contribution in [0.5, 0.6) is 5.75 Å². The van der Waals surface area contributed by atoms with E-state index in [2.05, 4.69) is 36.9 Å². The van der Waals surface area contributed by atoms with Crippen molar-refractivity contribution in [3.05, 3.63) is 29.3 Å². The number of likely N-dealkylation sites (tertiary alicyclic amines) is 1. The van der Waals surface area contributed by atoms with Crippen molar-refractivity contribution in [3.63, 3.8) is 0 Å². The van der Waals surface area contributed by atoms with Gasteiger partial charge in [0, 0.05) is 12.0 Å². The predicted molar refractivity (Wildman–Crippen MR) is 92.7 cm³/mol. The van der Waals surface area contributed by atoms with Gasteiger partial charge in [0.15, 0.2) is 0 Å².